The molecule has 39 heavy (non-hydrogen) atoms. The summed E-state index contributed by atoms with van der Waals surface area (Å²) < 4.78 is 13.0. The van der Waals surface area contributed by atoms with E-state index in [1.165, 1.54) is 29.6 Å². The van der Waals surface area contributed by atoms with Crippen LogP contribution in [0.1, 0.15) is 69.6 Å². The Hall–Kier alpha value is -3.63. The highest BCUT2D eigenvalue weighted by atomic mass is 32.1. The summed E-state index contributed by atoms with van der Waals surface area (Å²) in [5.74, 6) is 0.163. The van der Waals surface area contributed by atoms with Crippen LogP contribution in [0.15, 0.2) is 30.3 Å². The summed E-state index contributed by atoms with van der Waals surface area (Å²) in [6.07, 6.45) is 2.33. The van der Waals surface area contributed by atoms with Gasteiger partial charge in [-0.3, -0.25) is 14.4 Å². The highest BCUT2D eigenvalue weighted by molar-refractivity contribution is 7.21. The average molecular weight is 568 g/mol. The van der Waals surface area contributed by atoms with Crippen molar-refractivity contribution in [1.82, 2.24) is 4.98 Å². The number of aromatic nitrogens is 1. The molecule has 0 spiro atoms. The molecule has 4 aromatic rings. The fourth-order valence-electron chi connectivity index (χ4n) is 4.32. The number of aryl methyl sites for hydroxylation is 2. The molecule has 1 aromatic carbocycles. The maximum atomic E-state index is 12.5. The van der Waals surface area contributed by atoms with Gasteiger partial charge < -0.3 is 19.4 Å². The number of ketones is 3. The molecule has 204 valence electrons. The number of carbonyl (C=O) groups excluding carboxylic acids is 3. The van der Waals surface area contributed by atoms with Crippen LogP contribution in [0.4, 0.5) is 0 Å². The molecule has 0 aliphatic rings. The number of methoxy groups -OCH3 is 2. The first-order valence-electron chi connectivity index (χ1n) is 12.5. The first kappa shape index (κ1) is 28.4. The normalized spacial score (nSPS) is 11.2. The molecule has 0 saturated carbocycles. The molecular weight excluding hydrogens is 538 g/mol. The minimum atomic E-state index is -1.00. The van der Waals surface area contributed by atoms with Gasteiger partial charge in [0.05, 0.1) is 46.3 Å². The Morgan fingerprint density at radius 3 is 2.10 bits per heavy atom. The molecule has 0 aliphatic carbocycles. The Morgan fingerprint density at radius 1 is 0.795 bits per heavy atom. The van der Waals surface area contributed by atoms with Gasteiger partial charge in [0.25, 0.3) is 0 Å². The summed E-state index contributed by atoms with van der Waals surface area (Å²) in [7, 11) is 3.21. The maximum Gasteiger partial charge on any atom is 0.303 e. The molecule has 0 fully saturated rings. The summed E-state index contributed by atoms with van der Waals surface area (Å²) in [6, 6.07) is 9.48. The predicted molar refractivity (Wildman–Crippen MR) is 152 cm³/mol. The van der Waals surface area contributed by atoms with E-state index in [-0.39, 0.29) is 43.0 Å². The van der Waals surface area contributed by atoms with Gasteiger partial charge in [0.15, 0.2) is 11.6 Å². The number of Topliss-reactive ketones (excluding diaryl/α,β-unsaturated/α-hetero) is 3. The van der Waals surface area contributed by atoms with Crippen LogP contribution >= 0.6 is 22.7 Å². The first-order valence-corrected chi connectivity index (χ1v) is 14.2. The standard InChI is InChI=1S/C29H29NO7S2/c1-16(31)7-8-21(32)27-12-18-11-17(23(36-2)14-25(18)38-27)5-4-6-19-24(37-3)15-26-20(30-19)13-28(39-26)22(33)9-10-29(34)35/h11-15H,4-10H2,1-3H3,(H,34,35). The molecular formula is C29H29NO7S2. The van der Waals surface area contributed by atoms with E-state index in [9.17, 15) is 19.2 Å². The second-order valence-corrected chi connectivity index (χ2v) is 11.4. The van der Waals surface area contributed by atoms with E-state index >= 15 is 0 Å². The molecule has 1 N–H and O–H groups in total. The molecule has 3 aromatic heterocycles. The number of aliphatic carboxylic acids is 1. The minimum Gasteiger partial charge on any atom is -0.496 e. The summed E-state index contributed by atoms with van der Waals surface area (Å²) in [4.78, 5) is 52.8. The number of hydrogen-bond donors (Lipinski definition) is 1. The van der Waals surface area contributed by atoms with Gasteiger partial charge in [0, 0.05) is 30.0 Å². The predicted octanol–water partition coefficient (Wildman–Crippen LogP) is 6.30. The zero-order chi connectivity index (χ0) is 28.1. The number of hydrogen-bond acceptors (Lipinski definition) is 9. The quantitative estimate of drug-likeness (QED) is 0.176. The first-order chi connectivity index (χ1) is 18.7. The average Bonchev–Trinajstić information content (AvgIpc) is 3.52. The lowest BCUT2D eigenvalue weighted by molar-refractivity contribution is -0.137. The molecule has 0 radical (unpaired) electrons. The Balaban J connectivity index is 1.49. The Kier molecular flexibility index (Phi) is 9.08. The van der Waals surface area contributed by atoms with Gasteiger partial charge in [-0.2, -0.15) is 0 Å². The second kappa shape index (κ2) is 12.5. The number of carboxylic acids is 1. The van der Waals surface area contributed by atoms with Gasteiger partial charge in [-0.05, 0) is 61.4 Å². The van der Waals surface area contributed by atoms with Crippen molar-refractivity contribution < 1.29 is 33.8 Å². The monoisotopic (exact) mass is 567 g/mol. The van der Waals surface area contributed by atoms with Gasteiger partial charge in [0.2, 0.25) is 0 Å². The van der Waals surface area contributed by atoms with Crippen molar-refractivity contribution in [2.45, 2.75) is 51.9 Å². The van der Waals surface area contributed by atoms with Crippen LogP contribution in [0.25, 0.3) is 20.3 Å². The van der Waals surface area contributed by atoms with Crippen molar-refractivity contribution in [2.24, 2.45) is 0 Å². The van der Waals surface area contributed by atoms with Crippen LogP contribution in [0, 0.1) is 0 Å². The topological polar surface area (TPSA) is 120 Å². The number of rotatable bonds is 14. The van der Waals surface area contributed by atoms with E-state index in [0.29, 0.717) is 33.9 Å². The lowest BCUT2D eigenvalue weighted by atomic mass is 10.0. The zero-order valence-corrected chi connectivity index (χ0v) is 23.6. The smallest absolute Gasteiger partial charge is 0.303 e. The lowest BCUT2D eigenvalue weighted by Crippen LogP contribution is -2.01. The highest BCUT2D eigenvalue weighted by Gasteiger charge is 2.17. The van der Waals surface area contributed by atoms with Crippen LogP contribution < -0.4 is 9.47 Å². The molecule has 0 bridgehead atoms. The Bertz CT molecular complexity index is 1450. The van der Waals surface area contributed by atoms with Crippen LogP contribution in [0.5, 0.6) is 11.5 Å². The molecule has 0 atom stereocenters. The van der Waals surface area contributed by atoms with E-state index in [0.717, 1.165) is 38.2 Å². The third kappa shape index (κ3) is 6.88. The molecule has 10 heteroatoms. The summed E-state index contributed by atoms with van der Waals surface area (Å²) >= 11 is 2.70. The van der Waals surface area contributed by atoms with Gasteiger partial charge in [-0.25, -0.2) is 4.98 Å². The minimum absolute atomic E-state index is 0.00218. The van der Waals surface area contributed by atoms with Crippen molar-refractivity contribution in [3.8, 4) is 11.5 Å². The fraction of sp³-hybridized carbons (Fsp3) is 0.345. The molecule has 8 nitrogen and oxygen atoms in total. The molecule has 0 amide bonds. The third-order valence-corrected chi connectivity index (χ3v) is 8.61. The molecule has 3 heterocycles. The SMILES string of the molecule is COc1cc2sc(C(=O)CCC(C)=O)cc2cc1CCCc1nc2cc(C(=O)CCC(=O)O)sc2cc1OC. The van der Waals surface area contributed by atoms with Crippen LogP contribution in [-0.4, -0.2) is 47.6 Å². The molecule has 0 saturated heterocycles. The van der Waals surface area contributed by atoms with Crippen molar-refractivity contribution in [1.29, 1.82) is 0 Å². The van der Waals surface area contributed by atoms with Crippen molar-refractivity contribution >= 4 is 66.3 Å². The zero-order valence-electron chi connectivity index (χ0n) is 22.0. The highest BCUT2D eigenvalue weighted by Crippen LogP contribution is 2.35. The number of pyridine rings is 1. The molecule has 4 rings (SSSR count). The lowest BCUT2D eigenvalue weighted by Gasteiger charge is -2.10. The summed E-state index contributed by atoms with van der Waals surface area (Å²) in [6.45, 7) is 1.49. The second-order valence-electron chi connectivity index (χ2n) is 9.24. The van der Waals surface area contributed by atoms with Gasteiger partial charge in [-0.1, -0.05) is 0 Å². The summed E-state index contributed by atoms with van der Waals surface area (Å²) in [5.41, 5.74) is 2.49. The van der Waals surface area contributed by atoms with E-state index in [1.54, 1.807) is 20.3 Å². The number of carbonyl (C=O) groups is 4. The van der Waals surface area contributed by atoms with Crippen LogP contribution in [-0.2, 0) is 22.4 Å². The number of thiophene rings is 2. The van der Waals surface area contributed by atoms with E-state index < -0.39 is 5.97 Å². The van der Waals surface area contributed by atoms with Crippen molar-refractivity contribution in [3.63, 3.8) is 0 Å². The van der Waals surface area contributed by atoms with Crippen molar-refractivity contribution in [2.75, 3.05) is 14.2 Å². The van der Waals surface area contributed by atoms with Gasteiger partial charge in [-0.15, -0.1) is 22.7 Å². The van der Waals surface area contributed by atoms with E-state index in [2.05, 4.69) is 0 Å². The van der Waals surface area contributed by atoms with Crippen LogP contribution in [0.3, 0.4) is 0 Å². The maximum absolute atomic E-state index is 12.5. The number of carboxylic acid groups (broad SMARTS) is 1. The van der Waals surface area contributed by atoms with Gasteiger partial charge in [0.1, 0.15) is 17.3 Å². The number of benzene rings is 1. The van der Waals surface area contributed by atoms with E-state index in [4.69, 9.17) is 19.6 Å². The summed E-state index contributed by atoms with van der Waals surface area (Å²) in [5, 5.41) is 9.82. The Labute approximate surface area is 233 Å². The Morgan fingerprint density at radius 2 is 1.44 bits per heavy atom. The van der Waals surface area contributed by atoms with E-state index in [1.807, 2.05) is 24.3 Å². The van der Waals surface area contributed by atoms with Crippen molar-refractivity contribution in [3.05, 3.63) is 51.3 Å². The number of ether oxygens (including phenoxy) is 2. The van der Waals surface area contributed by atoms with Gasteiger partial charge >= 0.3 is 5.97 Å². The fourth-order valence-corrected chi connectivity index (χ4v) is 6.36. The number of nitrogens with zero attached hydrogens (tertiary/aromatic N) is 1. The van der Waals surface area contributed by atoms with Crippen LogP contribution in [0.2, 0.25) is 0 Å². The third-order valence-electron chi connectivity index (χ3n) is 6.36. The largest absolute Gasteiger partial charge is 0.496 e. The molecule has 0 aliphatic heterocycles. The molecule has 0 unspecified atom stereocenters. The number of fused-ring (bicyclic) bond motifs is 2.